The van der Waals surface area contributed by atoms with Crippen LogP contribution < -0.4 is 0 Å². The number of hydrogen-bond donors (Lipinski definition) is 3. The van der Waals surface area contributed by atoms with E-state index in [1.807, 2.05) is 13.1 Å². The lowest BCUT2D eigenvalue weighted by atomic mass is 9.98. The van der Waals surface area contributed by atoms with E-state index in [1.54, 1.807) is 0 Å². The first-order chi connectivity index (χ1) is 10.5. The first kappa shape index (κ1) is 20.4. The molecule has 1 saturated heterocycles. The zero-order valence-corrected chi connectivity index (χ0v) is 15.7. The molecule has 0 bridgehead atoms. The molecule has 0 saturated carbocycles. The normalized spacial score (nSPS) is 32.7. The van der Waals surface area contributed by atoms with E-state index in [0.29, 0.717) is 5.92 Å². The van der Waals surface area contributed by atoms with E-state index in [4.69, 9.17) is 14.7 Å². The molecule has 134 valence electrons. The molecule has 0 unspecified atom stereocenters. The van der Waals surface area contributed by atoms with Crippen molar-refractivity contribution in [3.05, 3.63) is 10.4 Å². The zero-order chi connectivity index (χ0) is 18.0. The first-order valence-electron chi connectivity index (χ1n) is 7.84. The fourth-order valence-corrected chi connectivity index (χ4v) is 4.95. The van der Waals surface area contributed by atoms with Gasteiger partial charge in [0.05, 0.1) is 12.7 Å². The number of azide groups is 1. The Morgan fingerprint density at radius 3 is 2.30 bits per heavy atom. The summed E-state index contributed by atoms with van der Waals surface area (Å²) < 4.78 is 11.8. The Labute approximate surface area is 138 Å². The Hall–Kier alpha value is -0.673. The predicted octanol–water partition coefficient (Wildman–Crippen LogP) is 1.76. The van der Waals surface area contributed by atoms with Crippen molar-refractivity contribution in [2.75, 3.05) is 6.61 Å². The molecule has 0 aliphatic carbocycles. The molecule has 0 aromatic carbocycles. The fourth-order valence-electron chi connectivity index (χ4n) is 2.48. The van der Waals surface area contributed by atoms with Gasteiger partial charge < -0.3 is 24.5 Å². The summed E-state index contributed by atoms with van der Waals surface area (Å²) in [6.45, 7) is 12.1. The van der Waals surface area contributed by atoms with E-state index in [-0.39, 0.29) is 5.04 Å². The summed E-state index contributed by atoms with van der Waals surface area (Å²) in [5.74, 6) is 0.356. The van der Waals surface area contributed by atoms with Crippen molar-refractivity contribution in [3.8, 4) is 0 Å². The highest BCUT2D eigenvalue weighted by atomic mass is 28.4. The first-order valence-corrected chi connectivity index (χ1v) is 10.7. The van der Waals surface area contributed by atoms with Gasteiger partial charge in [-0.25, -0.2) is 0 Å². The second kappa shape index (κ2) is 7.48. The summed E-state index contributed by atoms with van der Waals surface area (Å²) in [5.41, 5.74) is 8.73. The number of aliphatic hydroxyl groups excluding tert-OH is 3. The Balaban J connectivity index is 3.08. The Kier molecular flexibility index (Phi) is 6.62. The fraction of sp³-hybridized carbons (Fsp3) is 1.00. The summed E-state index contributed by atoms with van der Waals surface area (Å²) >= 11 is 0. The third-order valence-electron chi connectivity index (χ3n) is 5.44. The number of hydrogen-bond acceptors (Lipinski definition) is 6. The molecular weight excluding hydrogens is 318 g/mol. The number of rotatable bonds is 6. The summed E-state index contributed by atoms with van der Waals surface area (Å²) in [6.07, 6.45) is -4.67. The summed E-state index contributed by atoms with van der Waals surface area (Å²) in [5, 5.41) is 32.9. The molecule has 9 heteroatoms. The average molecular weight is 347 g/mol. The number of nitrogens with zero attached hydrogens (tertiary/aromatic N) is 3. The molecule has 0 radical (unpaired) electrons. The van der Waals surface area contributed by atoms with Gasteiger partial charge >= 0.3 is 0 Å². The van der Waals surface area contributed by atoms with Crippen LogP contribution in [0.1, 0.15) is 27.7 Å². The summed E-state index contributed by atoms with van der Waals surface area (Å²) in [4.78, 5) is 2.72. The largest absolute Gasteiger partial charge is 0.394 e. The monoisotopic (exact) mass is 347 g/mol. The van der Waals surface area contributed by atoms with Crippen LogP contribution in [0.3, 0.4) is 0 Å². The molecule has 1 heterocycles. The van der Waals surface area contributed by atoms with E-state index in [2.05, 4.69) is 37.7 Å². The molecule has 0 aromatic heterocycles. The van der Waals surface area contributed by atoms with Gasteiger partial charge in [-0.15, -0.1) is 0 Å². The van der Waals surface area contributed by atoms with Crippen LogP contribution in [0.2, 0.25) is 18.1 Å². The molecular formula is C14H29N3O5Si. The summed E-state index contributed by atoms with van der Waals surface area (Å²) in [6, 6.07) is -1.06. The van der Waals surface area contributed by atoms with Crippen LogP contribution in [0.5, 0.6) is 0 Å². The van der Waals surface area contributed by atoms with Gasteiger partial charge in [0.15, 0.2) is 14.6 Å². The van der Waals surface area contributed by atoms with Crippen LogP contribution in [-0.2, 0) is 9.16 Å². The third-order valence-corrected chi connectivity index (χ3v) is 9.94. The van der Waals surface area contributed by atoms with Gasteiger partial charge in [-0.1, -0.05) is 32.8 Å². The second-order valence-electron chi connectivity index (χ2n) is 7.41. The molecule has 0 aromatic rings. The number of ether oxygens (including phenoxy) is 1. The minimum absolute atomic E-state index is 0.104. The SMILES string of the molecule is CC(C)C(C)(C)[Si](C)(C)O[C@H]1O[C@@H](CO)[C@@H](O)[C@@H](O)[C@@H]1N=[N+]=[N-]. The van der Waals surface area contributed by atoms with Gasteiger partial charge in [-0.3, -0.25) is 0 Å². The Morgan fingerprint density at radius 2 is 1.87 bits per heavy atom. The molecule has 1 aliphatic rings. The highest BCUT2D eigenvalue weighted by Crippen LogP contribution is 2.46. The molecule has 1 fully saturated rings. The highest BCUT2D eigenvalue weighted by molar-refractivity contribution is 6.74. The molecule has 0 amide bonds. The summed E-state index contributed by atoms with van der Waals surface area (Å²) in [7, 11) is -2.33. The molecule has 3 N–H and O–H groups in total. The smallest absolute Gasteiger partial charge is 0.196 e. The van der Waals surface area contributed by atoms with Crippen LogP contribution in [0, 0.1) is 5.92 Å². The molecule has 23 heavy (non-hydrogen) atoms. The maximum Gasteiger partial charge on any atom is 0.196 e. The van der Waals surface area contributed by atoms with Gasteiger partial charge in [-0.2, -0.15) is 0 Å². The van der Waals surface area contributed by atoms with Crippen LogP contribution in [0.4, 0.5) is 0 Å². The molecule has 8 nitrogen and oxygen atoms in total. The van der Waals surface area contributed by atoms with Crippen molar-refractivity contribution in [1.29, 1.82) is 0 Å². The van der Waals surface area contributed by atoms with Crippen LogP contribution in [-0.4, -0.2) is 60.9 Å². The van der Waals surface area contributed by atoms with Crippen LogP contribution in [0.25, 0.3) is 10.4 Å². The van der Waals surface area contributed by atoms with E-state index in [9.17, 15) is 15.3 Å². The standard InChI is InChI=1S/C14H29N3O5Si/c1-8(2)14(3,4)23(5,6)22-13-10(16-17-15)12(20)11(19)9(7-18)21-13/h8-13,18-20H,7H2,1-6H3/t9-,10-,11+,12-,13+/m0/s1. The zero-order valence-electron chi connectivity index (χ0n) is 14.7. The maximum atomic E-state index is 10.2. The molecule has 1 rings (SSSR count). The van der Waals surface area contributed by atoms with Gasteiger partial charge in [0.1, 0.15) is 18.2 Å². The van der Waals surface area contributed by atoms with Gasteiger partial charge in [-0.05, 0) is 29.6 Å². The predicted molar refractivity (Wildman–Crippen MR) is 88.1 cm³/mol. The molecule has 1 aliphatic heterocycles. The Bertz CT molecular complexity index is 454. The van der Waals surface area contributed by atoms with Crippen LogP contribution in [0.15, 0.2) is 5.11 Å². The van der Waals surface area contributed by atoms with Gasteiger partial charge in [0, 0.05) is 4.91 Å². The molecule has 5 atom stereocenters. The van der Waals surface area contributed by atoms with Crippen molar-refractivity contribution in [1.82, 2.24) is 0 Å². The topological polar surface area (TPSA) is 128 Å². The van der Waals surface area contributed by atoms with Crippen molar-refractivity contribution in [3.63, 3.8) is 0 Å². The lowest BCUT2D eigenvalue weighted by Gasteiger charge is -2.48. The van der Waals surface area contributed by atoms with Gasteiger partial charge in [0.2, 0.25) is 0 Å². The third kappa shape index (κ3) is 4.05. The van der Waals surface area contributed by atoms with E-state index >= 15 is 0 Å². The minimum Gasteiger partial charge on any atom is -0.394 e. The maximum absolute atomic E-state index is 10.2. The minimum atomic E-state index is -2.33. The molecule has 0 spiro atoms. The Morgan fingerprint density at radius 1 is 1.30 bits per heavy atom. The average Bonchev–Trinajstić information content (AvgIpc) is 2.46. The lowest BCUT2D eigenvalue weighted by molar-refractivity contribution is -0.242. The quantitative estimate of drug-likeness (QED) is 0.292. The second-order valence-corrected chi connectivity index (χ2v) is 12.0. The van der Waals surface area contributed by atoms with Crippen molar-refractivity contribution in [2.24, 2.45) is 11.0 Å². The van der Waals surface area contributed by atoms with Crippen molar-refractivity contribution in [2.45, 2.75) is 76.5 Å². The van der Waals surface area contributed by atoms with Gasteiger partial charge in [0.25, 0.3) is 0 Å². The van der Waals surface area contributed by atoms with E-state index in [0.717, 1.165) is 0 Å². The highest BCUT2D eigenvalue weighted by Gasteiger charge is 2.50. The van der Waals surface area contributed by atoms with Crippen molar-refractivity contribution >= 4 is 8.32 Å². The number of aliphatic hydroxyl groups is 3. The van der Waals surface area contributed by atoms with E-state index < -0.39 is 45.6 Å². The lowest BCUT2D eigenvalue weighted by Crippen LogP contribution is -2.61. The van der Waals surface area contributed by atoms with Crippen molar-refractivity contribution < 1.29 is 24.5 Å². The van der Waals surface area contributed by atoms with Crippen LogP contribution >= 0.6 is 0 Å². The van der Waals surface area contributed by atoms with E-state index in [1.165, 1.54) is 0 Å².